The zero-order chi connectivity index (χ0) is 9.90. The summed E-state index contributed by atoms with van der Waals surface area (Å²) in [7, 11) is 0. The molecule has 1 heteroatoms. The van der Waals surface area contributed by atoms with E-state index in [0.717, 1.165) is 17.9 Å². The number of hydrogen-bond acceptors (Lipinski definition) is 1. The van der Waals surface area contributed by atoms with Gasteiger partial charge in [-0.15, -0.1) is 0 Å². The topological polar surface area (TPSA) is 13.1 Å². The third kappa shape index (κ3) is 3.49. The highest BCUT2D eigenvalue weighted by atomic mass is 16.3. The average molecular weight is 178 g/mol. The molecule has 0 atom stereocenters. The summed E-state index contributed by atoms with van der Waals surface area (Å²) >= 11 is 0. The largest absolute Gasteiger partial charge is 0.462 e. The fourth-order valence-corrected chi connectivity index (χ4v) is 1.01. The maximum atomic E-state index is 5.54. The molecule has 0 bridgehead atoms. The van der Waals surface area contributed by atoms with Crippen LogP contribution in [0, 0.1) is 5.41 Å². The molecule has 0 aromatic carbocycles. The van der Waals surface area contributed by atoms with E-state index in [9.17, 15) is 0 Å². The molecule has 0 aliphatic carbocycles. The fourth-order valence-electron chi connectivity index (χ4n) is 1.01. The van der Waals surface area contributed by atoms with Crippen molar-refractivity contribution in [2.75, 3.05) is 0 Å². The monoisotopic (exact) mass is 178 g/mol. The Balaban J connectivity index is 2.69. The van der Waals surface area contributed by atoms with E-state index in [1.807, 2.05) is 18.2 Å². The molecule has 13 heavy (non-hydrogen) atoms. The van der Waals surface area contributed by atoms with Crippen LogP contribution in [0.2, 0.25) is 0 Å². The molecule has 0 fully saturated rings. The van der Waals surface area contributed by atoms with Crippen molar-refractivity contribution >= 4 is 6.08 Å². The standard InChI is InChI=1S/C12H18O/c1-5-10-6-7-11(13-10)8-9-12(2,3)4/h6-9H,5H2,1-4H3/b9-8+. The zero-order valence-electron chi connectivity index (χ0n) is 8.92. The van der Waals surface area contributed by atoms with E-state index in [4.69, 9.17) is 4.42 Å². The number of aryl methyl sites for hydroxylation is 1. The minimum Gasteiger partial charge on any atom is -0.462 e. The van der Waals surface area contributed by atoms with Crippen LogP contribution < -0.4 is 0 Å². The third-order valence-corrected chi connectivity index (χ3v) is 1.78. The summed E-state index contributed by atoms with van der Waals surface area (Å²) in [6.45, 7) is 8.61. The summed E-state index contributed by atoms with van der Waals surface area (Å²) in [6.07, 6.45) is 5.16. The second kappa shape index (κ2) is 3.82. The van der Waals surface area contributed by atoms with Gasteiger partial charge in [-0.25, -0.2) is 0 Å². The normalized spacial score (nSPS) is 12.6. The Morgan fingerprint density at radius 1 is 1.31 bits per heavy atom. The van der Waals surface area contributed by atoms with Gasteiger partial charge in [-0.05, 0) is 23.6 Å². The summed E-state index contributed by atoms with van der Waals surface area (Å²) in [6, 6.07) is 4.05. The van der Waals surface area contributed by atoms with Crippen LogP contribution in [0.15, 0.2) is 22.6 Å². The summed E-state index contributed by atoms with van der Waals surface area (Å²) < 4.78 is 5.54. The van der Waals surface area contributed by atoms with Crippen molar-refractivity contribution in [3.05, 3.63) is 29.7 Å². The number of hydrogen-bond donors (Lipinski definition) is 0. The molecule has 0 saturated carbocycles. The van der Waals surface area contributed by atoms with Crippen molar-refractivity contribution in [1.82, 2.24) is 0 Å². The maximum absolute atomic E-state index is 5.54. The van der Waals surface area contributed by atoms with Crippen molar-refractivity contribution in [1.29, 1.82) is 0 Å². The van der Waals surface area contributed by atoms with E-state index >= 15 is 0 Å². The Labute approximate surface area is 80.5 Å². The van der Waals surface area contributed by atoms with Gasteiger partial charge in [0.15, 0.2) is 0 Å². The molecule has 1 aromatic rings. The smallest absolute Gasteiger partial charge is 0.126 e. The van der Waals surface area contributed by atoms with Gasteiger partial charge in [-0.2, -0.15) is 0 Å². The van der Waals surface area contributed by atoms with Gasteiger partial charge in [-0.1, -0.05) is 33.8 Å². The second-order valence-electron chi connectivity index (χ2n) is 4.36. The molecule has 0 unspecified atom stereocenters. The Morgan fingerprint density at radius 3 is 2.46 bits per heavy atom. The number of allylic oxidation sites excluding steroid dienone is 1. The molecule has 0 spiro atoms. The van der Waals surface area contributed by atoms with E-state index in [-0.39, 0.29) is 5.41 Å². The van der Waals surface area contributed by atoms with E-state index in [0.29, 0.717) is 0 Å². The van der Waals surface area contributed by atoms with Crippen LogP contribution in [0.25, 0.3) is 6.08 Å². The van der Waals surface area contributed by atoms with Crippen LogP contribution in [-0.2, 0) is 6.42 Å². The SMILES string of the molecule is CCc1ccc(/C=C/C(C)(C)C)o1. The molecule has 0 N–H and O–H groups in total. The number of rotatable bonds is 2. The Morgan fingerprint density at radius 2 is 2.00 bits per heavy atom. The van der Waals surface area contributed by atoms with Crippen LogP contribution in [-0.4, -0.2) is 0 Å². The minimum absolute atomic E-state index is 0.221. The van der Waals surface area contributed by atoms with Gasteiger partial charge in [0.2, 0.25) is 0 Å². The van der Waals surface area contributed by atoms with Crippen LogP contribution >= 0.6 is 0 Å². The summed E-state index contributed by atoms with van der Waals surface area (Å²) in [5.41, 5.74) is 0.221. The van der Waals surface area contributed by atoms with Crippen molar-refractivity contribution in [3.8, 4) is 0 Å². The fraction of sp³-hybridized carbons (Fsp3) is 0.500. The molecule has 0 aliphatic rings. The zero-order valence-corrected chi connectivity index (χ0v) is 8.92. The van der Waals surface area contributed by atoms with Crippen molar-refractivity contribution in [2.45, 2.75) is 34.1 Å². The molecule has 1 rings (SSSR count). The van der Waals surface area contributed by atoms with E-state index < -0.39 is 0 Å². The van der Waals surface area contributed by atoms with Crippen LogP contribution in [0.4, 0.5) is 0 Å². The van der Waals surface area contributed by atoms with Crippen molar-refractivity contribution < 1.29 is 4.42 Å². The highest BCUT2D eigenvalue weighted by Gasteiger charge is 2.04. The quantitative estimate of drug-likeness (QED) is 0.669. The highest BCUT2D eigenvalue weighted by Crippen LogP contribution is 2.18. The maximum Gasteiger partial charge on any atom is 0.126 e. The molecular weight excluding hydrogens is 160 g/mol. The first kappa shape index (κ1) is 10.1. The molecule has 1 heterocycles. The van der Waals surface area contributed by atoms with Gasteiger partial charge in [-0.3, -0.25) is 0 Å². The predicted octanol–water partition coefficient (Wildman–Crippen LogP) is 3.90. The molecule has 1 aromatic heterocycles. The lowest BCUT2D eigenvalue weighted by atomic mass is 9.96. The van der Waals surface area contributed by atoms with Gasteiger partial charge in [0.1, 0.15) is 11.5 Å². The van der Waals surface area contributed by atoms with E-state index in [1.165, 1.54) is 0 Å². The van der Waals surface area contributed by atoms with Gasteiger partial charge < -0.3 is 4.42 Å². The first-order valence-electron chi connectivity index (χ1n) is 4.79. The molecule has 1 nitrogen and oxygen atoms in total. The lowest BCUT2D eigenvalue weighted by Gasteiger charge is -2.10. The molecule has 72 valence electrons. The first-order chi connectivity index (χ1) is 6.01. The molecule has 0 aliphatic heterocycles. The molecular formula is C12H18O. The van der Waals surface area contributed by atoms with E-state index in [2.05, 4.69) is 33.8 Å². The van der Waals surface area contributed by atoms with Crippen molar-refractivity contribution in [2.24, 2.45) is 5.41 Å². The van der Waals surface area contributed by atoms with Crippen LogP contribution in [0.1, 0.15) is 39.2 Å². The Kier molecular flexibility index (Phi) is 2.97. The van der Waals surface area contributed by atoms with Gasteiger partial charge >= 0.3 is 0 Å². The molecule has 0 radical (unpaired) electrons. The summed E-state index contributed by atoms with van der Waals surface area (Å²) in [4.78, 5) is 0. The first-order valence-corrected chi connectivity index (χ1v) is 4.79. The highest BCUT2D eigenvalue weighted by molar-refractivity contribution is 5.43. The Bertz CT molecular complexity index is 286. The van der Waals surface area contributed by atoms with Gasteiger partial charge in [0.25, 0.3) is 0 Å². The third-order valence-electron chi connectivity index (χ3n) is 1.78. The summed E-state index contributed by atoms with van der Waals surface area (Å²) in [5, 5.41) is 0. The Hall–Kier alpha value is -0.980. The van der Waals surface area contributed by atoms with E-state index in [1.54, 1.807) is 0 Å². The number of furan rings is 1. The second-order valence-corrected chi connectivity index (χ2v) is 4.36. The van der Waals surface area contributed by atoms with Gasteiger partial charge in [0, 0.05) is 6.42 Å². The average Bonchev–Trinajstić information content (AvgIpc) is 2.47. The van der Waals surface area contributed by atoms with Crippen LogP contribution in [0.5, 0.6) is 0 Å². The van der Waals surface area contributed by atoms with Gasteiger partial charge in [0.05, 0.1) is 0 Å². The molecule has 0 saturated heterocycles. The minimum atomic E-state index is 0.221. The molecule has 0 amide bonds. The lowest BCUT2D eigenvalue weighted by molar-refractivity contribution is 0.504. The van der Waals surface area contributed by atoms with Crippen molar-refractivity contribution in [3.63, 3.8) is 0 Å². The van der Waals surface area contributed by atoms with Crippen LogP contribution in [0.3, 0.4) is 0 Å². The predicted molar refractivity (Wildman–Crippen MR) is 56.6 cm³/mol. The lowest BCUT2D eigenvalue weighted by Crippen LogP contribution is -1.97. The summed E-state index contributed by atoms with van der Waals surface area (Å²) in [5.74, 6) is 2.00.